The predicted octanol–water partition coefficient (Wildman–Crippen LogP) is 4.78. The van der Waals surface area contributed by atoms with E-state index in [4.69, 9.17) is 24.4 Å². The Morgan fingerprint density at radius 1 is 0.929 bits per heavy atom. The molecule has 0 unspecified atom stereocenters. The number of anilines is 1. The summed E-state index contributed by atoms with van der Waals surface area (Å²) >= 11 is 0. The second-order valence-corrected chi connectivity index (χ2v) is 16.4. The fourth-order valence-corrected chi connectivity index (χ4v) is 5.77. The second-order valence-electron chi connectivity index (χ2n) is 11.7. The zero-order chi connectivity index (χ0) is 30.1. The number of nitrogens with zero attached hydrogens (tertiary/aromatic N) is 4. The van der Waals surface area contributed by atoms with Gasteiger partial charge in [-0.15, -0.1) is 0 Å². The van der Waals surface area contributed by atoms with Crippen LogP contribution < -0.4 is 5.73 Å². The van der Waals surface area contributed by atoms with Gasteiger partial charge in [-0.05, 0) is 42.4 Å². The molecule has 0 bridgehead atoms. The van der Waals surface area contributed by atoms with Crippen molar-refractivity contribution in [3.05, 3.63) is 84.4 Å². The van der Waals surface area contributed by atoms with E-state index in [1.165, 1.54) is 6.33 Å². The van der Waals surface area contributed by atoms with Crippen molar-refractivity contribution < 1.29 is 28.2 Å². The number of rotatable bonds is 8. The minimum absolute atomic E-state index is 0.174. The maximum atomic E-state index is 13.4. The first kappa shape index (κ1) is 29.4. The molecular formula is C30H35N5O6Si. The van der Waals surface area contributed by atoms with Crippen molar-refractivity contribution in [3.63, 3.8) is 0 Å². The van der Waals surface area contributed by atoms with Crippen LogP contribution in [0.25, 0.3) is 11.2 Å². The van der Waals surface area contributed by atoms with Crippen molar-refractivity contribution in [1.29, 1.82) is 0 Å². The third-order valence-corrected chi connectivity index (χ3v) is 12.3. The number of nitrogen functional groups attached to an aromatic ring is 1. The van der Waals surface area contributed by atoms with Crippen LogP contribution in [0.2, 0.25) is 18.1 Å². The number of nitrogens with two attached hydrogens (primary N) is 1. The van der Waals surface area contributed by atoms with Gasteiger partial charge in [0.2, 0.25) is 0 Å². The molecular weight excluding hydrogens is 554 g/mol. The average Bonchev–Trinajstić information content (AvgIpc) is 3.54. The number of fused-ring (bicyclic) bond motifs is 1. The molecule has 11 nitrogen and oxygen atoms in total. The lowest BCUT2D eigenvalue weighted by atomic mass is 10.1. The number of carbonyl (C=O) groups is 2. The van der Waals surface area contributed by atoms with Gasteiger partial charge in [0.15, 0.2) is 32.1 Å². The van der Waals surface area contributed by atoms with E-state index in [2.05, 4.69) is 48.8 Å². The van der Waals surface area contributed by atoms with Gasteiger partial charge < -0.3 is 24.4 Å². The molecule has 2 aromatic heterocycles. The van der Waals surface area contributed by atoms with Crippen LogP contribution in [-0.4, -0.2) is 64.7 Å². The van der Waals surface area contributed by atoms with Gasteiger partial charge in [-0.25, -0.2) is 24.5 Å². The topological polar surface area (TPSA) is 141 Å². The Morgan fingerprint density at radius 3 is 2.17 bits per heavy atom. The number of benzene rings is 2. The third kappa shape index (κ3) is 5.91. The molecule has 1 fully saturated rings. The Morgan fingerprint density at radius 2 is 1.55 bits per heavy atom. The molecule has 2 aromatic carbocycles. The number of esters is 2. The SMILES string of the molecule is CC(C)(C)[Si](C)(C)O[C@@H]1[C@@H](OC(=O)c2ccccc2)[C@@H](COC(=O)c2ccccc2)O[C@H]1n1cnc2c(N)ncnc21. The molecule has 12 heteroatoms. The molecule has 220 valence electrons. The summed E-state index contributed by atoms with van der Waals surface area (Å²) < 4.78 is 27.0. The molecule has 5 rings (SSSR count). The van der Waals surface area contributed by atoms with Crippen LogP contribution in [-0.2, 0) is 18.6 Å². The van der Waals surface area contributed by atoms with Gasteiger partial charge in [-0.1, -0.05) is 57.2 Å². The Labute approximate surface area is 245 Å². The summed E-state index contributed by atoms with van der Waals surface area (Å²) in [5.41, 5.74) is 7.68. The zero-order valence-corrected chi connectivity index (χ0v) is 25.3. The number of aromatic nitrogens is 4. The number of hydrogen-bond donors (Lipinski definition) is 1. The van der Waals surface area contributed by atoms with Crippen molar-refractivity contribution in [1.82, 2.24) is 19.5 Å². The molecule has 0 saturated carbocycles. The van der Waals surface area contributed by atoms with Crippen molar-refractivity contribution in [2.75, 3.05) is 12.3 Å². The van der Waals surface area contributed by atoms with Crippen molar-refractivity contribution in [2.24, 2.45) is 0 Å². The maximum Gasteiger partial charge on any atom is 0.338 e. The molecule has 4 atom stereocenters. The Balaban J connectivity index is 1.54. The quantitative estimate of drug-likeness (QED) is 0.225. The molecule has 0 amide bonds. The summed E-state index contributed by atoms with van der Waals surface area (Å²) in [5, 5.41) is -0.174. The van der Waals surface area contributed by atoms with Crippen LogP contribution >= 0.6 is 0 Å². The van der Waals surface area contributed by atoms with E-state index < -0.39 is 44.8 Å². The van der Waals surface area contributed by atoms with Crippen LogP contribution in [0, 0.1) is 0 Å². The van der Waals surface area contributed by atoms with Crippen LogP contribution in [0.5, 0.6) is 0 Å². The molecule has 42 heavy (non-hydrogen) atoms. The van der Waals surface area contributed by atoms with Crippen molar-refractivity contribution in [3.8, 4) is 0 Å². The Kier molecular flexibility index (Phi) is 8.13. The maximum absolute atomic E-state index is 13.4. The first-order chi connectivity index (χ1) is 20.0. The van der Waals surface area contributed by atoms with E-state index in [0.29, 0.717) is 22.3 Å². The molecule has 0 radical (unpaired) electrons. The third-order valence-electron chi connectivity index (χ3n) is 7.82. The number of imidazole rings is 1. The van der Waals surface area contributed by atoms with Gasteiger partial charge in [-0.3, -0.25) is 4.57 Å². The summed E-state index contributed by atoms with van der Waals surface area (Å²) in [5.74, 6) is -0.847. The molecule has 2 N–H and O–H groups in total. The molecule has 4 aromatic rings. The van der Waals surface area contributed by atoms with Crippen molar-refractivity contribution >= 4 is 37.2 Å². The predicted molar refractivity (Wildman–Crippen MR) is 158 cm³/mol. The lowest BCUT2D eigenvalue weighted by Crippen LogP contribution is -2.50. The van der Waals surface area contributed by atoms with E-state index in [1.807, 2.05) is 12.1 Å². The van der Waals surface area contributed by atoms with Crippen molar-refractivity contribution in [2.45, 2.75) is 63.4 Å². The second kappa shape index (κ2) is 11.6. The van der Waals surface area contributed by atoms with E-state index in [0.717, 1.165) is 0 Å². The number of hydrogen-bond acceptors (Lipinski definition) is 10. The first-order valence-electron chi connectivity index (χ1n) is 13.7. The highest BCUT2D eigenvalue weighted by Crippen LogP contribution is 2.43. The Bertz CT molecular complexity index is 1560. The van der Waals surface area contributed by atoms with E-state index >= 15 is 0 Å². The average molecular weight is 590 g/mol. The van der Waals surface area contributed by atoms with Gasteiger partial charge in [-0.2, -0.15) is 0 Å². The largest absolute Gasteiger partial charge is 0.459 e. The summed E-state index contributed by atoms with van der Waals surface area (Å²) in [6.45, 7) is 10.4. The highest BCUT2D eigenvalue weighted by Gasteiger charge is 2.53. The molecule has 3 heterocycles. The first-order valence-corrected chi connectivity index (χ1v) is 16.6. The number of ether oxygens (including phenoxy) is 3. The number of carbonyl (C=O) groups excluding carboxylic acids is 2. The van der Waals surface area contributed by atoms with Gasteiger partial charge in [0.25, 0.3) is 0 Å². The van der Waals surface area contributed by atoms with Crippen LogP contribution in [0.3, 0.4) is 0 Å². The summed E-state index contributed by atoms with van der Waals surface area (Å²) in [7, 11) is -2.47. The van der Waals surface area contributed by atoms with Crippen LogP contribution in [0.4, 0.5) is 5.82 Å². The van der Waals surface area contributed by atoms with Crippen LogP contribution in [0.1, 0.15) is 47.7 Å². The lowest BCUT2D eigenvalue weighted by Gasteiger charge is -2.40. The molecule has 0 aliphatic carbocycles. The minimum Gasteiger partial charge on any atom is -0.459 e. The standard InChI is InChI=1S/C30H35N5O6Si/c1-30(2,3)42(4,5)41-24-23(40-29(37)20-14-10-7-11-15-20)21(16-38-28(36)19-12-8-6-9-13-19)39-27(24)35-18-34-22-25(31)32-17-33-26(22)35/h6-15,17-18,21,23-24,27H,16H2,1-5H3,(H2,31,32,33)/t21-,23+,24-,27-/m1/s1. The fraction of sp³-hybridized carbons (Fsp3) is 0.367. The monoisotopic (exact) mass is 589 g/mol. The van der Waals surface area contributed by atoms with E-state index in [9.17, 15) is 9.59 Å². The minimum atomic E-state index is -2.47. The molecule has 1 aliphatic heterocycles. The van der Waals surface area contributed by atoms with E-state index in [-0.39, 0.29) is 17.5 Å². The summed E-state index contributed by atoms with van der Waals surface area (Å²) in [6.07, 6.45) is -0.504. The van der Waals surface area contributed by atoms with Gasteiger partial charge >= 0.3 is 11.9 Å². The van der Waals surface area contributed by atoms with Gasteiger partial charge in [0.1, 0.15) is 30.7 Å². The zero-order valence-electron chi connectivity index (χ0n) is 24.3. The van der Waals surface area contributed by atoms with Gasteiger partial charge in [0, 0.05) is 0 Å². The smallest absolute Gasteiger partial charge is 0.338 e. The summed E-state index contributed by atoms with van der Waals surface area (Å²) in [6, 6.07) is 17.3. The van der Waals surface area contributed by atoms with Gasteiger partial charge in [0.05, 0.1) is 17.5 Å². The molecule has 1 aliphatic rings. The lowest BCUT2D eigenvalue weighted by molar-refractivity contribution is -0.0580. The van der Waals surface area contributed by atoms with E-state index in [1.54, 1.807) is 59.4 Å². The normalized spacial score (nSPS) is 20.9. The molecule has 1 saturated heterocycles. The van der Waals surface area contributed by atoms with Crippen LogP contribution in [0.15, 0.2) is 73.3 Å². The summed E-state index contributed by atoms with van der Waals surface area (Å²) in [4.78, 5) is 39.1. The highest BCUT2D eigenvalue weighted by molar-refractivity contribution is 6.74. The molecule has 0 spiro atoms. The Hall–Kier alpha value is -4.13. The highest BCUT2D eigenvalue weighted by atomic mass is 28.4. The fourth-order valence-electron chi connectivity index (χ4n) is 4.49.